The molecule has 0 spiro atoms. The fourth-order valence-electron chi connectivity index (χ4n) is 3.06. The molecule has 1 fully saturated rings. The van der Waals surface area contributed by atoms with Crippen molar-refractivity contribution in [2.75, 3.05) is 13.2 Å². The molecule has 2 N–H and O–H groups in total. The smallest absolute Gasteiger partial charge is 0.399 e. The van der Waals surface area contributed by atoms with E-state index in [0.717, 1.165) is 11.5 Å². The SMILES string of the molecule is CC1(C)OB(c2ccc(-c3cccc(F)c3S(=O)(=O)NCCO)cc2)OC1(C)C. The second-order valence-corrected chi connectivity index (χ2v) is 9.65. The van der Waals surface area contributed by atoms with E-state index in [9.17, 15) is 12.8 Å². The number of hydrogen-bond donors (Lipinski definition) is 2. The fourth-order valence-corrected chi connectivity index (χ4v) is 4.36. The van der Waals surface area contributed by atoms with Gasteiger partial charge in [-0.05, 0) is 44.8 Å². The second kappa shape index (κ2) is 7.81. The summed E-state index contributed by atoms with van der Waals surface area (Å²) < 4.78 is 53.7. The summed E-state index contributed by atoms with van der Waals surface area (Å²) in [5, 5.41) is 8.90. The molecule has 0 bridgehead atoms. The minimum Gasteiger partial charge on any atom is -0.399 e. The number of hydrogen-bond acceptors (Lipinski definition) is 5. The fraction of sp³-hybridized carbons (Fsp3) is 0.400. The van der Waals surface area contributed by atoms with Crippen LogP contribution in [0.25, 0.3) is 11.1 Å². The molecular formula is C20H25BFNO5S. The average molecular weight is 421 g/mol. The number of aliphatic hydroxyl groups excluding tert-OH is 1. The van der Waals surface area contributed by atoms with Gasteiger partial charge in [-0.25, -0.2) is 17.5 Å². The van der Waals surface area contributed by atoms with Crippen LogP contribution >= 0.6 is 0 Å². The summed E-state index contributed by atoms with van der Waals surface area (Å²) in [5.41, 5.74) is 0.605. The maximum atomic E-state index is 14.4. The van der Waals surface area contributed by atoms with E-state index in [4.69, 9.17) is 14.4 Å². The third-order valence-electron chi connectivity index (χ3n) is 5.39. The average Bonchev–Trinajstić information content (AvgIpc) is 2.87. The predicted octanol–water partition coefficient (Wildman–Crippen LogP) is 2.06. The van der Waals surface area contributed by atoms with E-state index >= 15 is 0 Å². The number of benzene rings is 2. The van der Waals surface area contributed by atoms with E-state index in [1.54, 1.807) is 30.3 Å². The van der Waals surface area contributed by atoms with E-state index in [1.165, 1.54) is 6.07 Å². The van der Waals surface area contributed by atoms with Gasteiger partial charge in [-0.3, -0.25) is 0 Å². The Balaban J connectivity index is 1.95. The van der Waals surface area contributed by atoms with Crippen LogP contribution in [0.2, 0.25) is 0 Å². The van der Waals surface area contributed by atoms with Crippen LogP contribution in [0.15, 0.2) is 47.4 Å². The van der Waals surface area contributed by atoms with Crippen LogP contribution in [-0.4, -0.2) is 45.0 Å². The van der Waals surface area contributed by atoms with Crippen molar-refractivity contribution in [1.29, 1.82) is 0 Å². The van der Waals surface area contributed by atoms with Gasteiger partial charge in [0.05, 0.1) is 17.8 Å². The Morgan fingerprint density at radius 2 is 1.62 bits per heavy atom. The molecule has 2 aromatic carbocycles. The Hall–Kier alpha value is -1.78. The molecule has 156 valence electrons. The van der Waals surface area contributed by atoms with Crippen molar-refractivity contribution in [1.82, 2.24) is 4.72 Å². The van der Waals surface area contributed by atoms with Crippen LogP contribution in [0, 0.1) is 5.82 Å². The van der Waals surface area contributed by atoms with Gasteiger partial charge in [0, 0.05) is 12.1 Å². The molecule has 1 aliphatic heterocycles. The topological polar surface area (TPSA) is 84.9 Å². The van der Waals surface area contributed by atoms with Crippen LogP contribution in [0.3, 0.4) is 0 Å². The number of aliphatic hydroxyl groups is 1. The molecule has 0 aromatic heterocycles. The lowest BCUT2D eigenvalue weighted by atomic mass is 9.78. The van der Waals surface area contributed by atoms with Crippen LogP contribution in [-0.2, 0) is 19.3 Å². The van der Waals surface area contributed by atoms with Gasteiger partial charge in [0.2, 0.25) is 10.0 Å². The maximum Gasteiger partial charge on any atom is 0.494 e. The summed E-state index contributed by atoms with van der Waals surface area (Å²) in [6.07, 6.45) is 0. The van der Waals surface area contributed by atoms with E-state index in [1.807, 2.05) is 27.7 Å². The second-order valence-electron chi connectivity index (χ2n) is 7.95. The molecule has 6 nitrogen and oxygen atoms in total. The van der Waals surface area contributed by atoms with Crippen LogP contribution in [0.4, 0.5) is 4.39 Å². The van der Waals surface area contributed by atoms with Crippen LogP contribution < -0.4 is 10.2 Å². The third-order valence-corrected chi connectivity index (χ3v) is 6.92. The van der Waals surface area contributed by atoms with Gasteiger partial charge in [0.1, 0.15) is 10.7 Å². The van der Waals surface area contributed by atoms with Crippen LogP contribution in [0.5, 0.6) is 0 Å². The Bertz CT molecular complexity index is 976. The van der Waals surface area contributed by atoms with Crippen molar-refractivity contribution >= 4 is 22.6 Å². The predicted molar refractivity (Wildman–Crippen MR) is 110 cm³/mol. The molecule has 1 heterocycles. The number of sulfonamides is 1. The summed E-state index contributed by atoms with van der Waals surface area (Å²) in [6.45, 7) is 7.27. The summed E-state index contributed by atoms with van der Waals surface area (Å²) in [5.74, 6) is -0.858. The first-order chi connectivity index (χ1) is 13.5. The highest BCUT2D eigenvalue weighted by atomic mass is 32.2. The van der Waals surface area contributed by atoms with Crippen molar-refractivity contribution in [3.8, 4) is 11.1 Å². The van der Waals surface area contributed by atoms with E-state index in [-0.39, 0.29) is 18.7 Å². The summed E-state index contributed by atoms with van der Waals surface area (Å²) in [7, 11) is -4.67. The first kappa shape index (κ1) is 21.9. The molecule has 0 amide bonds. The molecular weight excluding hydrogens is 396 g/mol. The lowest BCUT2D eigenvalue weighted by Crippen LogP contribution is -2.41. The highest BCUT2D eigenvalue weighted by Crippen LogP contribution is 2.36. The summed E-state index contributed by atoms with van der Waals surface area (Å²) in [4.78, 5) is -0.447. The first-order valence-corrected chi connectivity index (χ1v) is 10.8. The number of rotatable bonds is 6. The van der Waals surface area contributed by atoms with E-state index in [2.05, 4.69) is 4.72 Å². The molecule has 0 saturated carbocycles. The van der Waals surface area contributed by atoms with Gasteiger partial charge in [0.25, 0.3) is 0 Å². The zero-order valence-corrected chi connectivity index (χ0v) is 17.7. The van der Waals surface area contributed by atoms with Gasteiger partial charge < -0.3 is 14.4 Å². The van der Waals surface area contributed by atoms with E-state index in [0.29, 0.717) is 5.56 Å². The minimum absolute atomic E-state index is 0.197. The minimum atomic E-state index is -4.12. The van der Waals surface area contributed by atoms with Crippen molar-refractivity contribution in [3.63, 3.8) is 0 Å². The van der Waals surface area contributed by atoms with Crippen LogP contribution in [0.1, 0.15) is 27.7 Å². The molecule has 0 atom stereocenters. The highest BCUT2D eigenvalue weighted by molar-refractivity contribution is 7.89. The first-order valence-electron chi connectivity index (χ1n) is 9.33. The van der Waals surface area contributed by atoms with Gasteiger partial charge in [-0.1, -0.05) is 36.4 Å². The molecule has 0 unspecified atom stereocenters. The molecule has 1 aliphatic rings. The van der Waals surface area contributed by atoms with Crippen molar-refractivity contribution in [2.24, 2.45) is 0 Å². The van der Waals surface area contributed by atoms with Crippen molar-refractivity contribution < 1.29 is 27.2 Å². The van der Waals surface area contributed by atoms with Gasteiger partial charge in [-0.2, -0.15) is 0 Å². The molecule has 29 heavy (non-hydrogen) atoms. The normalized spacial score (nSPS) is 18.2. The van der Waals surface area contributed by atoms with Gasteiger partial charge in [0.15, 0.2) is 0 Å². The van der Waals surface area contributed by atoms with Crippen molar-refractivity contribution in [3.05, 3.63) is 48.3 Å². The third kappa shape index (κ3) is 4.24. The largest absolute Gasteiger partial charge is 0.494 e. The molecule has 9 heteroatoms. The Kier molecular flexibility index (Phi) is 5.90. The monoisotopic (exact) mass is 421 g/mol. The van der Waals surface area contributed by atoms with E-state index < -0.39 is 39.1 Å². The zero-order valence-electron chi connectivity index (χ0n) is 16.9. The van der Waals surface area contributed by atoms with Gasteiger partial charge >= 0.3 is 7.12 Å². The Labute approximate surface area is 171 Å². The molecule has 3 rings (SSSR count). The summed E-state index contributed by atoms with van der Waals surface area (Å²) >= 11 is 0. The molecule has 1 saturated heterocycles. The van der Waals surface area contributed by atoms with Crippen molar-refractivity contribution in [2.45, 2.75) is 43.8 Å². The number of halogens is 1. The summed E-state index contributed by atoms with van der Waals surface area (Å²) in [6, 6.07) is 11.1. The standard InChI is InChI=1S/C20H25BFNO5S/c1-19(2)20(3,4)28-21(27-19)15-10-8-14(9-11-15)16-6-5-7-17(22)18(16)29(25,26)23-12-13-24/h5-11,23-24H,12-13H2,1-4H3. The highest BCUT2D eigenvalue weighted by Gasteiger charge is 2.51. The van der Waals surface area contributed by atoms with Gasteiger partial charge in [-0.15, -0.1) is 0 Å². The molecule has 0 radical (unpaired) electrons. The maximum absolute atomic E-state index is 14.4. The molecule has 0 aliphatic carbocycles. The lowest BCUT2D eigenvalue weighted by molar-refractivity contribution is 0.00578. The quantitative estimate of drug-likeness (QED) is 0.698. The Morgan fingerprint density at radius 3 is 2.17 bits per heavy atom. The molecule has 2 aromatic rings. The zero-order chi connectivity index (χ0) is 21.4. The number of nitrogens with one attached hydrogen (secondary N) is 1. The Morgan fingerprint density at radius 1 is 1.03 bits per heavy atom. The lowest BCUT2D eigenvalue weighted by Gasteiger charge is -2.32.